The van der Waals surface area contributed by atoms with Gasteiger partial charge < -0.3 is 25.0 Å². The fourth-order valence-electron chi connectivity index (χ4n) is 4.86. The molecule has 168 valence electrons. The monoisotopic (exact) mass is 456 g/mol. The van der Waals surface area contributed by atoms with Crippen molar-refractivity contribution in [1.29, 1.82) is 5.26 Å². The molecule has 1 unspecified atom stereocenters. The molecule has 1 saturated heterocycles. The Bertz CT molecular complexity index is 1360. The van der Waals surface area contributed by atoms with E-state index in [1.54, 1.807) is 0 Å². The Morgan fingerprint density at radius 1 is 1.38 bits per heavy atom. The van der Waals surface area contributed by atoms with E-state index in [0.29, 0.717) is 34.9 Å². The van der Waals surface area contributed by atoms with E-state index in [1.165, 1.54) is 13.2 Å². The lowest BCUT2D eigenvalue weighted by atomic mass is 9.88. The Balaban J connectivity index is 1.84. The number of anilines is 1. The number of halogens is 1. The summed E-state index contributed by atoms with van der Waals surface area (Å²) in [6.07, 6.45) is 2.64. The van der Waals surface area contributed by atoms with E-state index in [2.05, 4.69) is 0 Å². The fourth-order valence-corrected chi connectivity index (χ4v) is 5.92. The molecule has 1 aliphatic carbocycles. The molecule has 9 heteroatoms. The molecule has 5 rings (SSSR count). The van der Waals surface area contributed by atoms with Gasteiger partial charge >= 0.3 is 0 Å². The molecule has 1 aromatic carbocycles. The van der Waals surface area contributed by atoms with Gasteiger partial charge in [-0.1, -0.05) is 0 Å². The van der Waals surface area contributed by atoms with Gasteiger partial charge in [-0.25, -0.2) is 4.39 Å². The van der Waals surface area contributed by atoms with Crippen molar-refractivity contribution in [2.45, 2.75) is 44.7 Å². The Morgan fingerprint density at radius 3 is 2.66 bits per heavy atom. The van der Waals surface area contributed by atoms with Gasteiger partial charge in [0.2, 0.25) is 5.43 Å². The van der Waals surface area contributed by atoms with Crippen LogP contribution in [0.1, 0.15) is 44.0 Å². The maximum Gasteiger partial charge on any atom is 0.202 e. The van der Waals surface area contributed by atoms with Gasteiger partial charge in [0.1, 0.15) is 26.9 Å². The molecule has 3 heterocycles. The minimum Gasteiger partial charge on any atom is -0.505 e. The summed E-state index contributed by atoms with van der Waals surface area (Å²) in [6, 6.07) is 3.31. The van der Waals surface area contributed by atoms with Gasteiger partial charge in [0.15, 0.2) is 17.3 Å². The minimum atomic E-state index is -0.543. The predicted molar refractivity (Wildman–Crippen MR) is 123 cm³/mol. The fraction of sp³-hybridized carbons (Fsp3) is 0.478. The van der Waals surface area contributed by atoms with Crippen molar-refractivity contribution >= 4 is 38.1 Å². The normalized spacial score (nSPS) is 19.1. The highest BCUT2D eigenvalue weighted by Gasteiger charge is 2.37. The number of nitrogens with two attached hydrogens (primary N) is 1. The van der Waals surface area contributed by atoms with E-state index in [-0.39, 0.29) is 38.9 Å². The first-order chi connectivity index (χ1) is 15.2. The number of thiophene rings is 1. The third-order valence-corrected chi connectivity index (χ3v) is 7.84. The molecular formula is C23H25FN4O3S. The lowest BCUT2D eigenvalue weighted by molar-refractivity contribution is 0.348. The Morgan fingerprint density at radius 2 is 2.09 bits per heavy atom. The molecule has 7 nitrogen and oxygen atoms in total. The third kappa shape index (κ3) is 2.97. The van der Waals surface area contributed by atoms with E-state index in [1.807, 2.05) is 29.4 Å². The van der Waals surface area contributed by atoms with Gasteiger partial charge in [0.25, 0.3) is 0 Å². The summed E-state index contributed by atoms with van der Waals surface area (Å²) in [5.41, 5.74) is 6.29. The van der Waals surface area contributed by atoms with Crippen LogP contribution in [0.3, 0.4) is 0 Å². The smallest absolute Gasteiger partial charge is 0.202 e. The van der Waals surface area contributed by atoms with Gasteiger partial charge in [-0.2, -0.15) is 5.26 Å². The van der Waals surface area contributed by atoms with Crippen molar-refractivity contribution in [3.63, 3.8) is 0 Å². The average molecular weight is 457 g/mol. The highest BCUT2D eigenvalue weighted by Crippen LogP contribution is 2.49. The molecule has 3 aromatic rings. The lowest BCUT2D eigenvalue weighted by Crippen LogP contribution is -2.42. The minimum absolute atomic E-state index is 0.0753. The Hall–Kier alpha value is -2.83. The highest BCUT2D eigenvalue weighted by atomic mass is 32.1. The maximum atomic E-state index is 15.5. The van der Waals surface area contributed by atoms with Gasteiger partial charge in [-0.05, 0) is 45.1 Å². The summed E-state index contributed by atoms with van der Waals surface area (Å²) in [7, 11) is 1.48. The van der Waals surface area contributed by atoms with Gasteiger partial charge in [0, 0.05) is 24.7 Å². The predicted octanol–water partition coefficient (Wildman–Crippen LogP) is 3.84. The quantitative estimate of drug-likeness (QED) is 0.618. The zero-order chi connectivity index (χ0) is 22.9. The number of hydrogen-bond donors (Lipinski definition) is 2. The molecule has 2 fully saturated rings. The van der Waals surface area contributed by atoms with Gasteiger partial charge in [-0.3, -0.25) is 4.79 Å². The molecule has 0 bridgehead atoms. The molecule has 1 aliphatic heterocycles. The second kappa shape index (κ2) is 7.09. The van der Waals surface area contributed by atoms with Crippen molar-refractivity contribution < 1.29 is 14.2 Å². The van der Waals surface area contributed by atoms with Gasteiger partial charge in [-0.15, -0.1) is 11.3 Å². The van der Waals surface area contributed by atoms with E-state index in [4.69, 9.17) is 10.5 Å². The number of ether oxygens (including phenoxy) is 1. The van der Waals surface area contributed by atoms with E-state index < -0.39 is 11.2 Å². The van der Waals surface area contributed by atoms with Crippen LogP contribution < -0.4 is 20.8 Å². The second-order valence-corrected chi connectivity index (χ2v) is 10.4. The van der Waals surface area contributed by atoms with Crippen LogP contribution in [-0.4, -0.2) is 35.4 Å². The molecule has 0 radical (unpaired) electrons. The van der Waals surface area contributed by atoms with Crippen LogP contribution in [0.15, 0.2) is 10.9 Å². The summed E-state index contributed by atoms with van der Waals surface area (Å²) in [4.78, 5) is 15.9. The van der Waals surface area contributed by atoms with Crippen molar-refractivity contribution in [2.24, 2.45) is 11.7 Å². The average Bonchev–Trinajstić information content (AvgIpc) is 3.34. The molecule has 1 saturated carbocycles. The first kappa shape index (κ1) is 21.0. The van der Waals surface area contributed by atoms with Crippen molar-refractivity contribution in [3.05, 3.63) is 27.0 Å². The number of nitriles is 1. The molecule has 2 aromatic heterocycles. The van der Waals surface area contributed by atoms with E-state index in [0.717, 1.165) is 30.6 Å². The van der Waals surface area contributed by atoms with Crippen LogP contribution in [0.2, 0.25) is 0 Å². The van der Waals surface area contributed by atoms with Crippen LogP contribution in [0, 0.1) is 23.1 Å². The number of methoxy groups -OCH3 is 1. The number of nitrogens with zero attached hydrogens (tertiary/aromatic N) is 3. The number of pyridine rings is 1. The Kier molecular flexibility index (Phi) is 4.66. The number of fused-ring (bicyclic) bond motifs is 2. The van der Waals surface area contributed by atoms with Crippen LogP contribution in [0.25, 0.3) is 21.1 Å². The van der Waals surface area contributed by atoms with Crippen molar-refractivity contribution in [1.82, 2.24) is 4.57 Å². The van der Waals surface area contributed by atoms with Crippen molar-refractivity contribution in [2.75, 3.05) is 25.1 Å². The number of hydrogen-bond acceptors (Lipinski definition) is 7. The number of rotatable bonds is 4. The molecule has 2 aliphatic rings. The molecular weight excluding hydrogens is 431 g/mol. The Labute approximate surface area is 188 Å². The molecule has 32 heavy (non-hydrogen) atoms. The SMILES string of the molecule is COc1c(N2CCC(C(C)(C)N)C2)c(F)cc2c(=O)c3c(O)c(C#N)sc3n(C3CC3)c12. The number of aromatic hydroxyl groups is 1. The first-order valence-electron chi connectivity index (χ1n) is 10.7. The van der Waals surface area contributed by atoms with Crippen LogP contribution >= 0.6 is 11.3 Å². The molecule has 0 spiro atoms. The van der Waals surface area contributed by atoms with Crippen LogP contribution in [0.5, 0.6) is 11.5 Å². The topological polar surface area (TPSA) is 105 Å². The number of aromatic nitrogens is 1. The summed E-state index contributed by atoms with van der Waals surface area (Å²) in [5.74, 6) is -0.362. The highest BCUT2D eigenvalue weighted by molar-refractivity contribution is 7.19. The molecule has 3 N–H and O–H groups in total. The number of benzene rings is 1. The summed E-state index contributed by atoms with van der Waals surface area (Å²) >= 11 is 1.09. The van der Waals surface area contributed by atoms with Gasteiger partial charge in [0.05, 0.1) is 18.0 Å². The summed E-state index contributed by atoms with van der Waals surface area (Å²) in [5, 5.41) is 20.1. The first-order valence-corrected chi connectivity index (χ1v) is 11.5. The van der Waals surface area contributed by atoms with E-state index >= 15 is 4.39 Å². The van der Waals surface area contributed by atoms with Crippen LogP contribution in [0.4, 0.5) is 10.1 Å². The molecule has 0 amide bonds. The molecule has 1 atom stereocenters. The third-order valence-electron chi connectivity index (χ3n) is 6.75. The lowest BCUT2D eigenvalue weighted by Gasteiger charge is -2.28. The van der Waals surface area contributed by atoms with Crippen LogP contribution in [-0.2, 0) is 0 Å². The van der Waals surface area contributed by atoms with Crippen molar-refractivity contribution in [3.8, 4) is 17.6 Å². The largest absolute Gasteiger partial charge is 0.505 e. The standard InChI is InChI=1S/C23H25FN4O3S/c1-23(2,26)11-6-7-27(10-11)18-14(24)8-13-17(21(18)31-3)28(12-4-5-12)22-16(19(13)29)20(30)15(9-25)32-22/h8,11-12,30H,4-7,10,26H2,1-3H3. The zero-order valence-corrected chi connectivity index (χ0v) is 19.1. The van der Waals surface area contributed by atoms with E-state index in [9.17, 15) is 15.2 Å². The zero-order valence-electron chi connectivity index (χ0n) is 18.2. The second-order valence-electron chi connectivity index (χ2n) is 9.39. The maximum absolute atomic E-state index is 15.5. The summed E-state index contributed by atoms with van der Waals surface area (Å²) < 4.78 is 23.3. The summed E-state index contributed by atoms with van der Waals surface area (Å²) in [6.45, 7) is 5.19.